The van der Waals surface area contributed by atoms with Crippen molar-refractivity contribution in [1.29, 1.82) is 0 Å². The molecule has 1 aromatic rings. The van der Waals surface area contributed by atoms with Crippen LogP contribution < -0.4 is 0 Å². The molecule has 0 amide bonds. The third-order valence-corrected chi connectivity index (χ3v) is 3.74. The van der Waals surface area contributed by atoms with E-state index in [9.17, 15) is 57.6 Å². The Balaban J connectivity index is 3.55. The maximum atomic E-state index is 14.0. The highest BCUT2D eigenvalue weighted by molar-refractivity contribution is 5.27. The van der Waals surface area contributed by atoms with Crippen molar-refractivity contribution in [3.63, 3.8) is 0 Å². The monoisotopic (exact) mass is 435 g/mol. The summed E-state index contributed by atoms with van der Waals surface area (Å²) in [6.07, 6.45) is -5.59. The Labute approximate surface area is 148 Å². The quantitative estimate of drug-likeness (QED) is 0.351. The van der Waals surface area contributed by atoms with Gasteiger partial charge in [-0.1, -0.05) is 35.0 Å². The molecule has 1 rings (SSSR count). The number of hydrogen-bond donors (Lipinski definition) is 0. The van der Waals surface area contributed by atoms with Crippen molar-refractivity contribution in [3.8, 4) is 0 Å². The lowest BCUT2D eigenvalue weighted by molar-refractivity contribution is -0.414. The Bertz CT molecular complexity index is 701. The Morgan fingerprint density at radius 3 is 1.46 bits per heavy atom. The number of halogens is 12. The molecule has 0 N–H and O–H groups in total. The van der Waals surface area contributed by atoms with E-state index in [2.05, 4.69) is 0 Å². The molecule has 0 heterocycles. The SMILES string of the molecule is Cc1ccc(C(N=O)C(F)(F)C(F)(F)C(F)(F)C(F)(F)C(F)(F)C(F)F)cc1. The summed E-state index contributed by atoms with van der Waals surface area (Å²) in [6.45, 7) is 1.36. The molecule has 0 saturated heterocycles. The van der Waals surface area contributed by atoms with Crippen molar-refractivity contribution in [3.05, 3.63) is 40.3 Å². The molecule has 28 heavy (non-hydrogen) atoms. The van der Waals surface area contributed by atoms with Crippen molar-refractivity contribution in [2.75, 3.05) is 0 Å². The van der Waals surface area contributed by atoms with E-state index in [1.54, 1.807) is 0 Å². The summed E-state index contributed by atoms with van der Waals surface area (Å²) in [6, 6.07) is -0.728. The molecule has 2 nitrogen and oxygen atoms in total. The molecule has 0 fully saturated rings. The van der Waals surface area contributed by atoms with Gasteiger partial charge < -0.3 is 0 Å². The van der Waals surface area contributed by atoms with E-state index in [-0.39, 0.29) is 0 Å². The fraction of sp³-hybridized carbons (Fsp3) is 0.571. The van der Waals surface area contributed by atoms with Crippen molar-refractivity contribution in [1.82, 2.24) is 0 Å². The number of hydrogen-bond acceptors (Lipinski definition) is 2. The number of alkyl halides is 12. The zero-order valence-corrected chi connectivity index (χ0v) is 13.4. The molecule has 1 aromatic carbocycles. The second-order valence-corrected chi connectivity index (χ2v) is 5.69. The van der Waals surface area contributed by atoms with E-state index in [1.807, 2.05) is 0 Å². The molecule has 0 aliphatic carbocycles. The van der Waals surface area contributed by atoms with Gasteiger partial charge in [0.1, 0.15) is 0 Å². The van der Waals surface area contributed by atoms with Crippen molar-refractivity contribution < 1.29 is 52.7 Å². The predicted molar refractivity (Wildman–Crippen MR) is 70.5 cm³/mol. The van der Waals surface area contributed by atoms with Gasteiger partial charge in [0.25, 0.3) is 0 Å². The molecule has 0 radical (unpaired) electrons. The lowest BCUT2D eigenvalue weighted by Gasteiger charge is -2.40. The second-order valence-electron chi connectivity index (χ2n) is 5.69. The number of benzene rings is 1. The zero-order valence-electron chi connectivity index (χ0n) is 13.4. The minimum Gasteiger partial charge on any atom is -0.203 e. The highest BCUT2D eigenvalue weighted by Crippen LogP contribution is 2.60. The Hall–Kier alpha value is -2.02. The summed E-state index contributed by atoms with van der Waals surface area (Å²) in [5, 5.41) is 1.52. The van der Waals surface area contributed by atoms with Gasteiger partial charge in [0.2, 0.25) is 0 Å². The number of nitrogens with zero attached hydrogens (tertiary/aromatic N) is 1. The smallest absolute Gasteiger partial charge is 0.203 e. The van der Waals surface area contributed by atoms with Gasteiger partial charge in [0, 0.05) is 0 Å². The highest BCUT2D eigenvalue weighted by atomic mass is 19.4. The van der Waals surface area contributed by atoms with E-state index in [0.29, 0.717) is 17.7 Å². The first-order chi connectivity index (χ1) is 12.4. The molecule has 0 aliphatic heterocycles. The lowest BCUT2D eigenvalue weighted by Crippen LogP contribution is -2.69. The van der Waals surface area contributed by atoms with E-state index in [4.69, 9.17) is 0 Å². The number of nitroso groups, excluding NO2 is 1. The molecular weight excluding hydrogens is 426 g/mol. The van der Waals surface area contributed by atoms with Crippen molar-refractivity contribution in [2.45, 2.75) is 49.0 Å². The standard InChI is InChI=1S/C14H9F12NO/c1-6-2-4-7(5-3-6)8(27-28)10(17,18)12(21,22)14(25,26)13(23,24)11(19,20)9(15)16/h2-5,8-9H,1H3. The summed E-state index contributed by atoms with van der Waals surface area (Å²) in [4.78, 5) is 10.6. The summed E-state index contributed by atoms with van der Waals surface area (Å²) in [5.74, 6) is -36.2. The van der Waals surface area contributed by atoms with Crippen LogP contribution in [0, 0.1) is 11.8 Å². The van der Waals surface area contributed by atoms with Crippen LogP contribution in [0.15, 0.2) is 29.4 Å². The highest BCUT2D eigenvalue weighted by Gasteiger charge is 2.88. The van der Waals surface area contributed by atoms with Gasteiger partial charge in [-0.25, -0.2) is 8.78 Å². The van der Waals surface area contributed by atoms with Crippen LogP contribution in [-0.4, -0.2) is 36.0 Å². The van der Waals surface area contributed by atoms with Gasteiger partial charge in [0.05, 0.1) is 0 Å². The van der Waals surface area contributed by atoms with Gasteiger partial charge in [-0.15, -0.1) is 4.91 Å². The van der Waals surface area contributed by atoms with E-state index in [1.165, 1.54) is 12.1 Å². The fourth-order valence-corrected chi connectivity index (χ4v) is 2.01. The van der Waals surface area contributed by atoms with Crippen LogP contribution in [0.25, 0.3) is 0 Å². The van der Waals surface area contributed by atoms with Crippen molar-refractivity contribution in [2.24, 2.45) is 5.18 Å². The van der Waals surface area contributed by atoms with E-state index >= 15 is 0 Å². The molecule has 0 bridgehead atoms. The molecule has 1 unspecified atom stereocenters. The average Bonchev–Trinajstić information content (AvgIpc) is 2.56. The first-order valence-corrected chi connectivity index (χ1v) is 6.95. The largest absolute Gasteiger partial charge is 0.384 e. The van der Waals surface area contributed by atoms with Gasteiger partial charge in [-0.2, -0.15) is 43.9 Å². The zero-order chi connectivity index (χ0) is 22.3. The summed E-state index contributed by atoms with van der Waals surface area (Å²) >= 11 is 0. The maximum absolute atomic E-state index is 14.0. The molecule has 160 valence electrons. The Kier molecular flexibility index (Phi) is 6.09. The summed E-state index contributed by atoms with van der Waals surface area (Å²) < 4.78 is 158. The van der Waals surface area contributed by atoms with Gasteiger partial charge in [-0.05, 0) is 12.5 Å². The molecule has 0 saturated carbocycles. The third-order valence-electron chi connectivity index (χ3n) is 3.74. The first kappa shape index (κ1) is 24.0. The normalized spacial score (nSPS) is 15.6. The second kappa shape index (κ2) is 7.10. The van der Waals surface area contributed by atoms with Crippen LogP contribution in [0.3, 0.4) is 0 Å². The topological polar surface area (TPSA) is 29.4 Å². The van der Waals surface area contributed by atoms with Crippen LogP contribution in [0.5, 0.6) is 0 Å². The summed E-state index contributed by atoms with van der Waals surface area (Å²) in [7, 11) is 0. The molecule has 0 aliphatic rings. The summed E-state index contributed by atoms with van der Waals surface area (Å²) in [5.41, 5.74) is -0.818. The third kappa shape index (κ3) is 3.30. The predicted octanol–water partition coefficient (Wildman–Crippen LogP) is 6.24. The van der Waals surface area contributed by atoms with Crippen LogP contribution in [0.4, 0.5) is 52.7 Å². The molecule has 14 heteroatoms. The van der Waals surface area contributed by atoms with E-state index in [0.717, 1.165) is 12.1 Å². The van der Waals surface area contributed by atoms with Crippen LogP contribution >= 0.6 is 0 Å². The Morgan fingerprint density at radius 2 is 1.11 bits per heavy atom. The molecule has 0 spiro atoms. The van der Waals surface area contributed by atoms with Gasteiger partial charge >= 0.3 is 36.0 Å². The Morgan fingerprint density at radius 1 is 0.714 bits per heavy atom. The van der Waals surface area contributed by atoms with Gasteiger partial charge in [0.15, 0.2) is 6.04 Å². The maximum Gasteiger partial charge on any atom is 0.384 e. The molecule has 0 aromatic heterocycles. The number of rotatable bonds is 8. The molecular formula is C14H9F12NO. The molecule has 1 atom stereocenters. The van der Waals surface area contributed by atoms with Crippen LogP contribution in [-0.2, 0) is 0 Å². The van der Waals surface area contributed by atoms with E-state index < -0.39 is 47.6 Å². The van der Waals surface area contributed by atoms with Gasteiger partial charge in [-0.3, -0.25) is 0 Å². The van der Waals surface area contributed by atoms with Crippen LogP contribution in [0.1, 0.15) is 17.2 Å². The lowest BCUT2D eigenvalue weighted by atomic mass is 9.88. The van der Waals surface area contributed by atoms with Crippen LogP contribution in [0.2, 0.25) is 0 Å². The minimum absolute atomic E-state index is 0.317. The fourth-order valence-electron chi connectivity index (χ4n) is 2.01. The minimum atomic E-state index is -7.70. The number of aryl methyl sites for hydroxylation is 1. The van der Waals surface area contributed by atoms with Crippen molar-refractivity contribution >= 4 is 0 Å². The average molecular weight is 435 g/mol. The first-order valence-electron chi connectivity index (χ1n) is 6.95.